The second-order valence-electron chi connectivity index (χ2n) is 2.02. The van der Waals surface area contributed by atoms with Gasteiger partial charge in [0.25, 0.3) is 0 Å². The van der Waals surface area contributed by atoms with Crippen LogP contribution in [0.3, 0.4) is 0 Å². The molecule has 1 aromatic heterocycles. The summed E-state index contributed by atoms with van der Waals surface area (Å²) in [6.45, 7) is 0. The van der Waals surface area contributed by atoms with Gasteiger partial charge in [0.05, 0.1) is 0 Å². The summed E-state index contributed by atoms with van der Waals surface area (Å²) in [6.07, 6.45) is 0. The van der Waals surface area contributed by atoms with E-state index in [1.54, 1.807) is 0 Å². The van der Waals surface area contributed by atoms with Crippen molar-refractivity contribution in [2.75, 3.05) is 5.73 Å². The van der Waals surface area contributed by atoms with E-state index in [1.807, 2.05) is 18.2 Å². The third kappa shape index (κ3) is 1.64. The monoisotopic (exact) mass is 278 g/mol. The van der Waals surface area contributed by atoms with Crippen molar-refractivity contribution in [3.05, 3.63) is 24.3 Å². The van der Waals surface area contributed by atoms with Gasteiger partial charge in [-0.15, -0.1) is 17.0 Å². The molecule has 1 heterocycles. The van der Waals surface area contributed by atoms with Gasteiger partial charge in [0.15, 0.2) is 0 Å². The standard InChI is InChI=1S/C7H6N2Se.BrH/c8-7-9-5-3-1-2-4-6(5)10-7;/h1-4H,(H2,8,9);1H. The van der Waals surface area contributed by atoms with E-state index < -0.39 is 0 Å². The fourth-order valence-electron chi connectivity index (χ4n) is 0.890. The summed E-state index contributed by atoms with van der Waals surface area (Å²) in [5, 5.41) is 0. The molecule has 4 heteroatoms. The minimum absolute atomic E-state index is 0. The molecule has 0 saturated heterocycles. The van der Waals surface area contributed by atoms with Crippen molar-refractivity contribution >= 4 is 46.0 Å². The number of rotatable bonds is 0. The molecule has 58 valence electrons. The Kier molecular flexibility index (Phi) is 2.71. The first-order valence-corrected chi connectivity index (χ1v) is 4.68. The van der Waals surface area contributed by atoms with Gasteiger partial charge in [0.2, 0.25) is 0 Å². The third-order valence-electron chi connectivity index (χ3n) is 1.31. The van der Waals surface area contributed by atoms with E-state index in [-0.39, 0.29) is 31.5 Å². The van der Waals surface area contributed by atoms with E-state index in [4.69, 9.17) is 5.73 Å². The molecule has 0 radical (unpaired) electrons. The molecule has 1 aromatic carbocycles. The van der Waals surface area contributed by atoms with Crippen LogP contribution in [-0.2, 0) is 0 Å². The predicted molar refractivity (Wildman–Crippen MR) is 53.4 cm³/mol. The Labute approximate surface area is 80.9 Å². The van der Waals surface area contributed by atoms with Gasteiger partial charge in [-0.05, 0) is 0 Å². The number of para-hydroxylation sites is 1. The van der Waals surface area contributed by atoms with Gasteiger partial charge in [-0.2, -0.15) is 0 Å². The average molecular weight is 278 g/mol. The normalized spacial score (nSPS) is 9.45. The minimum atomic E-state index is 0. The van der Waals surface area contributed by atoms with Crippen LogP contribution < -0.4 is 5.73 Å². The molecule has 0 fully saturated rings. The SMILES string of the molecule is Br.Nc1nc2ccccc2[se]1. The molecule has 0 saturated carbocycles. The fourth-order valence-corrected chi connectivity index (χ4v) is 2.43. The fraction of sp³-hybridized carbons (Fsp3) is 0. The van der Waals surface area contributed by atoms with Crippen LogP contribution in [0.4, 0.5) is 4.69 Å². The van der Waals surface area contributed by atoms with Crippen molar-refractivity contribution < 1.29 is 0 Å². The number of hydrogen-bond acceptors (Lipinski definition) is 2. The van der Waals surface area contributed by atoms with E-state index in [0.717, 1.165) is 10.2 Å². The molecule has 0 bridgehead atoms. The third-order valence-corrected chi connectivity index (χ3v) is 3.13. The zero-order chi connectivity index (χ0) is 6.97. The summed E-state index contributed by atoms with van der Waals surface area (Å²) in [5.74, 6) is 0. The van der Waals surface area contributed by atoms with Crippen molar-refractivity contribution in [2.45, 2.75) is 0 Å². The first kappa shape index (κ1) is 8.78. The molecule has 0 aliphatic carbocycles. The summed E-state index contributed by atoms with van der Waals surface area (Å²) < 4.78 is 2.08. The molecule has 11 heavy (non-hydrogen) atoms. The van der Waals surface area contributed by atoms with Crippen LogP contribution in [-0.4, -0.2) is 19.5 Å². The number of aromatic nitrogens is 1. The maximum absolute atomic E-state index is 5.56. The van der Waals surface area contributed by atoms with Gasteiger partial charge in [-0.25, -0.2) is 0 Å². The molecule has 0 atom stereocenters. The van der Waals surface area contributed by atoms with Crippen LogP contribution in [0.1, 0.15) is 0 Å². The van der Waals surface area contributed by atoms with Crippen molar-refractivity contribution in [2.24, 2.45) is 0 Å². The number of anilines is 1. The van der Waals surface area contributed by atoms with Crippen molar-refractivity contribution in [3.63, 3.8) is 0 Å². The molecule has 0 unspecified atom stereocenters. The number of hydrogen-bond donors (Lipinski definition) is 1. The molecule has 0 aliphatic rings. The molecular weight excluding hydrogens is 271 g/mol. The number of nitrogen functional groups attached to an aromatic ring is 1. The van der Waals surface area contributed by atoms with Gasteiger partial charge in [0.1, 0.15) is 0 Å². The van der Waals surface area contributed by atoms with E-state index in [1.165, 1.54) is 4.26 Å². The van der Waals surface area contributed by atoms with E-state index >= 15 is 0 Å². The summed E-state index contributed by atoms with van der Waals surface area (Å²) >= 11 is 0.288. The predicted octanol–water partition coefficient (Wildman–Crippen LogP) is 1.45. The van der Waals surface area contributed by atoms with Crippen molar-refractivity contribution in [1.82, 2.24) is 4.98 Å². The van der Waals surface area contributed by atoms with Crippen LogP contribution in [0.2, 0.25) is 0 Å². The Morgan fingerprint density at radius 1 is 1.27 bits per heavy atom. The number of fused-ring (bicyclic) bond motifs is 1. The Bertz CT molecular complexity index is 325. The summed E-state index contributed by atoms with van der Waals surface area (Å²) in [6, 6.07) is 8.08. The van der Waals surface area contributed by atoms with E-state index in [9.17, 15) is 0 Å². The van der Waals surface area contributed by atoms with Gasteiger partial charge in [-0.1, -0.05) is 0 Å². The average Bonchev–Trinajstić information content (AvgIpc) is 2.27. The van der Waals surface area contributed by atoms with E-state index in [0.29, 0.717) is 0 Å². The quantitative estimate of drug-likeness (QED) is 0.741. The number of halogens is 1. The molecule has 0 amide bonds. The van der Waals surface area contributed by atoms with Crippen LogP contribution in [0.5, 0.6) is 0 Å². The molecule has 0 spiro atoms. The second kappa shape index (κ2) is 3.39. The molecule has 2 nitrogen and oxygen atoms in total. The Morgan fingerprint density at radius 3 is 2.73 bits per heavy atom. The first-order chi connectivity index (χ1) is 4.86. The van der Waals surface area contributed by atoms with Crippen LogP contribution >= 0.6 is 17.0 Å². The zero-order valence-corrected chi connectivity index (χ0v) is 9.08. The molecule has 2 aromatic rings. The van der Waals surface area contributed by atoms with Gasteiger partial charge >= 0.3 is 64.0 Å². The molecular formula is C7H7BrN2Se. The van der Waals surface area contributed by atoms with Crippen LogP contribution in [0, 0.1) is 0 Å². The number of nitrogens with two attached hydrogens (primary N) is 1. The first-order valence-electron chi connectivity index (χ1n) is 2.97. The summed E-state index contributed by atoms with van der Waals surface area (Å²) in [4.78, 5) is 4.17. The Balaban J connectivity index is 0.000000605. The molecule has 2 rings (SSSR count). The van der Waals surface area contributed by atoms with Crippen molar-refractivity contribution in [1.29, 1.82) is 0 Å². The zero-order valence-electron chi connectivity index (χ0n) is 5.65. The Hall–Kier alpha value is -0.311. The summed E-state index contributed by atoms with van der Waals surface area (Å²) in [7, 11) is 0. The van der Waals surface area contributed by atoms with Gasteiger partial charge in [0, 0.05) is 0 Å². The van der Waals surface area contributed by atoms with E-state index in [2.05, 4.69) is 11.1 Å². The van der Waals surface area contributed by atoms with Gasteiger partial charge < -0.3 is 0 Å². The number of nitrogens with zero attached hydrogens (tertiary/aromatic N) is 1. The molecule has 0 aliphatic heterocycles. The van der Waals surface area contributed by atoms with Crippen molar-refractivity contribution in [3.8, 4) is 0 Å². The topological polar surface area (TPSA) is 38.9 Å². The van der Waals surface area contributed by atoms with Gasteiger partial charge in [-0.3, -0.25) is 0 Å². The maximum atomic E-state index is 5.56. The van der Waals surface area contributed by atoms with Crippen LogP contribution in [0.15, 0.2) is 24.3 Å². The number of benzene rings is 1. The second-order valence-corrected chi connectivity index (χ2v) is 4.25. The Morgan fingerprint density at radius 2 is 2.00 bits per heavy atom. The molecule has 2 N–H and O–H groups in total. The van der Waals surface area contributed by atoms with Crippen LogP contribution in [0.25, 0.3) is 9.78 Å². The summed E-state index contributed by atoms with van der Waals surface area (Å²) in [5.41, 5.74) is 6.62.